The molecular weight excluding hydrogens is 369 g/mol. The van der Waals surface area contributed by atoms with Crippen LogP contribution in [-0.4, -0.2) is 12.2 Å². The molecule has 29 heavy (non-hydrogen) atoms. The first-order chi connectivity index (χ1) is 14.1. The highest BCUT2D eigenvalue weighted by atomic mass is 19.1. The van der Waals surface area contributed by atoms with Gasteiger partial charge in [0.2, 0.25) is 0 Å². The summed E-state index contributed by atoms with van der Waals surface area (Å²) in [6, 6.07) is 22.5. The molecule has 1 heterocycles. The second kappa shape index (κ2) is 8.26. The van der Waals surface area contributed by atoms with E-state index in [9.17, 15) is 14.4 Å². The molecule has 2 atom stereocenters. The van der Waals surface area contributed by atoms with E-state index in [2.05, 4.69) is 10.6 Å². The van der Waals surface area contributed by atoms with Crippen molar-refractivity contribution >= 4 is 17.3 Å². The monoisotopic (exact) mass is 389 g/mol. The molecule has 3 N–H and O–H groups in total. The summed E-state index contributed by atoms with van der Waals surface area (Å²) in [5.74, 6) is -0.449. The lowest BCUT2D eigenvalue weighted by atomic mass is 9.94. The Morgan fingerprint density at radius 3 is 2.55 bits per heavy atom. The molecule has 2 unspecified atom stereocenters. The molecule has 0 fully saturated rings. The molecule has 0 saturated heterocycles. The Morgan fingerprint density at radius 2 is 1.76 bits per heavy atom. The molecule has 0 aliphatic carbocycles. The van der Waals surface area contributed by atoms with Gasteiger partial charge in [0.25, 0.3) is 0 Å². The van der Waals surface area contributed by atoms with Crippen LogP contribution in [0.3, 0.4) is 0 Å². The minimum Gasteiger partial charge on any atom is -0.632 e. The lowest BCUT2D eigenvalue weighted by molar-refractivity contribution is -0.884. The average Bonchev–Trinajstić information content (AvgIpc) is 2.85. The average molecular weight is 389 g/mol. The Bertz CT molecular complexity index is 1050. The van der Waals surface area contributed by atoms with E-state index in [4.69, 9.17) is 0 Å². The fourth-order valence-electron chi connectivity index (χ4n) is 3.45. The number of quaternary nitrogens is 1. The molecule has 0 bridgehead atoms. The van der Waals surface area contributed by atoms with Crippen LogP contribution in [-0.2, 0) is 6.54 Å². The summed E-state index contributed by atoms with van der Waals surface area (Å²) in [6.45, 7) is 0.216. The third kappa shape index (κ3) is 4.34. The molecule has 0 spiro atoms. The summed E-state index contributed by atoms with van der Waals surface area (Å²) in [7, 11) is 0. The quantitative estimate of drug-likeness (QED) is 0.602. The maximum atomic E-state index is 13.3. The summed E-state index contributed by atoms with van der Waals surface area (Å²) in [6.07, 6.45) is 0.987. The highest BCUT2D eigenvalue weighted by Crippen LogP contribution is 2.27. The molecule has 146 valence electrons. The third-order valence-corrected chi connectivity index (χ3v) is 4.81. The number of rotatable bonds is 3. The van der Waals surface area contributed by atoms with Crippen LogP contribution in [0, 0.1) is 11.0 Å². The number of carbonyl (C=O) groups is 1. The van der Waals surface area contributed by atoms with Crippen LogP contribution in [0.4, 0.5) is 14.9 Å². The van der Waals surface area contributed by atoms with Gasteiger partial charge in [0.15, 0.2) is 6.17 Å². The zero-order valence-electron chi connectivity index (χ0n) is 15.6. The number of hydrogen-bond donors (Lipinski definition) is 3. The van der Waals surface area contributed by atoms with Gasteiger partial charge in [0, 0.05) is 17.3 Å². The van der Waals surface area contributed by atoms with Crippen molar-refractivity contribution in [1.29, 1.82) is 0 Å². The lowest BCUT2D eigenvalue weighted by Gasteiger charge is -2.29. The van der Waals surface area contributed by atoms with Gasteiger partial charge in [-0.15, -0.1) is 0 Å². The van der Waals surface area contributed by atoms with E-state index in [0.29, 0.717) is 5.69 Å². The van der Waals surface area contributed by atoms with Gasteiger partial charge < -0.3 is 15.6 Å². The van der Waals surface area contributed by atoms with Crippen LogP contribution in [0.25, 0.3) is 5.57 Å². The van der Waals surface area contributed by atoms with Crippen molar-refractivity contribution in [3.63, 3.8) is 0 Å². The summed E-state index contributed by atoms with van der Waals surface area (Å²) >= 11 is 0. The van der Waals surface area contributed by atoms with Crippen molar-refractivity contribution in [3.05, 3.63) is 113 Å². The van der Waals surface area contributed by atoms with E-state index in [1.165, 1.54) is 18.2 Å². The maximum absolute atomic E-state index is 13.3. The Hall–Kier alpha value is -3.48. The first kappa shape index (κ1) is 18.9. The number of amides is 2. The van der Waals surface area contributed by atoms with Crippen LogP contribution in [0.2, 0.25) is 0 Å². The standard InChI is InChI=1S/C23H20FN3O2/c24-18-10-6-11-19(13-18)25-23(28)26-22-14-21(16-7-2-1-3-8-16)20-12-5-4-9-17(20)15-27(22)29/h1-14,22,27H,15H2,(H2,25,26,28). The molecule has 6 heteroatoms. The number of halogens is 1. The van der Waals surface area contributed by atoms with Crippen molar-refractivity contribution in [3.8, 4) is 0 Å². The summed E-state index contributed by atoms with van der Waals surface area (Å²) in [4.78, 5) is 12.4. The third-order valence-electron chi connectivity index (χ3n) is 4.81. The highest BCUT2D eigenvalue weighted by Gasteiger charge is 2.24. The largest absolute Gasteiger partial charge is 0.632 e. The van der Waals surface area contributed by atoms with E-state index >= 15 is 0 Å². The highest BCUT2D eigenvalue weighted by molar-refractivity contribution is 5.90. The first-order valence-corrected chi connectivity index (χ1v) is 9.31. The van der Waals surface area contributed by atoms with Crippen LogP contribution >= 0.6 is 0 Å². The first-order valence-electron chi connectivity index (χ1n) is 9.31. The second-order valence-electron chi connectivity index (χ2n) is 6.83. The zero-order chi connectivity index (χ0) is 20.2. The van der Waals surface area contributed by atoms with Gasteiger partial charge in [-0.2, -0.15) is 0 Å². The Morgan fingerprint density at radius 1 is 1.00 bits per heavy atom. The molecule has 3 aromatic rings. The molecule has 5 nitrogen and oxygen atoms in total. The zero-order valence-corrected chi connectivity index (χ0v) is 15.6. The van der Waals surface area contributed by atoms with Gasteiger partial charge in [0.1, 0.15) is 12.4 Å². The van der Waals surface area contributed by atoms with Gasteiger partial charge in [-0.25, -0.2) is 9.18 Å². The minimum absolute atomic E-state index is 0.113. The van der Waals surface area contributed by atoms with Crippen molar-refractivity contribution in [2.75, 3.05) is 5.32 Å². The SMILES string of the molecule is O=C(Nc1cccc(F)c1)NC1C=C(c2ccccc2)c2ccccc2C[NH+]1[O-]. The van der Waals surface area contributed by atoms with Gasteiger partial charge in [-0.05, 0) is 34.9 Å². The van der Waals surface area contributed by atoms with Gasteiger partial charge in [0.05, 0.1) is 0 Å². The topological polar surface area (TPSA) is 68.6 Å². The van der Waals surface area contributed by atoms with Gasteiger partial charge in [-0.3, -0.25) is 5.32 Å². The smallest absolute Gasteiger partial charge is 0.324 e. The predicted octanol–water partition coefficient (Wildman–Crippen LogP) is 3.30. The van der Waals surface area contributed by atoms with Crippen molar-refractivity contribution in [2.24, 2.45) is 0 Å². The van der Waals surface area contributed by atoms with Gasteiger partial charge >= 0.3 is 6.03 Å². The number of benzene rings is 3. The Labute approximate surface area is 168 Å². The van der Waals surface area contributed by atoms with Crippen LogP contribution in [0.5, 0.6) is 0 Å². The van der Waals surface area contributed by atoms with Crippen LogP contribution < -0.4 is 15.7 Å². The van der Waals surface area contributed by atoms with E-state index in [-0.39, 0.29) is 11.6 Å². The predicted molar refractivity (Wildman–Crippen MR) is 110 cm³/mol. The number of anilines is 1. The van der Waals surface area contributed by atoms with Crippen molar-refractivity contribution in [2.45, 2.75) is 12.7 Å². The number of hydrogen-bond acceptors (Lipinski definition) is 2. The van der Waals surface area contributed by atoms with E-state index in [1.807, 2.05) is 54.6 Å². The molecule has 4 rings (SSSR count). The van der Waals surface area contributed by atoms with Crippen LogP contribution in [0.15, 0.2) is 84.9 Å². The number of carbonyl (C=O) groups excluding carboxylic acids is 1. The Balaban J connectivity index is 1.63. The molecule has 2 amide bonds. The molecule has 0 saturated carbocycles. The molecule has 3 aromatic carbocycles. The van der Waals surface area contributed by atoms with Crippen molar-refractivity contribution in [1.82, 2.24) is 5.32 Å². The Kier molecular flexibility index (Phi) is 5.37. The van der Waals surface area contributed by atoms with E-state index in [0.717, 1.165) is 22.3 Å². The molecule has 1 aliphatic rings. The number of nitrogens with one attached hydrogen (secondary N) is 3. The van der Waals surface area contributed by atoms with Crippen LogP contribution in [0.1, 0.15) is 16.7 Å². The summed E-state index contributed by atoms with van der Waals surface area (Å²) in [5, 5.41) is 18.0. The lowest BCUT2D eigenvalue weighted by Crippen LogP contribution is -3.11. The normalized spacial score (nSPS) is 18.2. The number of urea groups is 1. The molecule has 0 aromatic heterocycles. The molecule has 1 aliphatic heterocycles. The van der Waals surface area contributed by atoms with Gasteiger partial charge in [-0.1, -0.05) is 60.7 Å². The fourth-order valence-corrected chi connectivity index (χ4v) is 3.45. The summed E-state index contributed by atoms with van der Waals surface area (Å²) < 4.78 is 13.3. The second-order valence-corrected chi connectivity index (χ2v) is 6.83. The maximum Gasteiger partial charge on any atom is 0.324 e. The summed E-state index contributed by atoms with van der Waals surface area (Å²) in [5.41, 5.74) is 4.07. The number of hydroxylamine groups is 2. The molecular formula is C23H20FN3O2. The fraction of sp³-hybridized carbons (Fsp3) is 0.0870. The van der Waals surface area contributed by atoms with Crippen molar-refractivity contribution < 1.29 is 14.2 Å². The van der Waals surface area contributed by atoms with E-state index in [1.54, 1.807) is 12.1 Å². The number of fused-ring (bicyclic) bond motifs is 1. The van der Waals surface area contributed by atoms with E-state index < -0.39 is 18.0 Å². The minimum atomic E-state index is -0.800. The molecule has 0 radical (unpaired) electrons.